The zero-order chi connectivity index (χ0) is 15.3. The van der Waals surface area contributed by atoms with Crippen molar-refractivity contribution >= 4 is 5.91 Å². The number of hydrogen-bond donors (Lipinski definition) is 1. The van der Waals surface area contributed by atoms with Gasteiger partial charge in [-0.05, 0) is 42.9 Å². The van der Waals surface area contributed by atoms with Gasteiger partial charge in [0.05, 0.1) is 5.41 Å². The summed E-state index contributed by atoms with van der Waals surface area (Å²) in [5.74, 6) is 0.322. The zero-order valence-electron chi connectivity index (χ0n) is 12.8. The second kappa shape index (κ2) is 7.03. The molecule has 21 heavy (non-hydrogen) atoms. The Morgan fingerprint density at radius 3 is 2.57 bits per heavy atom. The van der Waals surface area contributed by atoms with E-state index in [-0.39, 0.29) is 11.7 Å². The number of carbonyl (C=O) groups excluding carboxylic acids is 1. The largest absolute Gasteiger partial charge is 0.381 e. The molecule has 2 rings (SSSR count). The van der Waals surface area contributed by atoms with Crippen LogP contribution < -0.4 is 5.32 Å². The Morgan fingerprint density at radius 1 is 1.33 bits per heavy atom. The molecule has 0 atom stereocenters. The van der Waals surface area contributed by atoms with Gasteiger partial charge in [-0.1, -0.05) is 26.0 Å². The van der Waals surface area contributed by atoms with Gasteiger partial charge in [0.1, 0.15) is 5.82 Å². The normalized spacial score (nSPS) is 16.0. The lowest BCUT2D eigenvalue weighted by molar-refractivity contribution is -0.123. The summed E-state index contributed by atoms with van der Waals surface area (Å²) in [6, 6.07) is 6.27. The first kappa shape index (κ1) is 16.0. The quantitative estimate of drug-likeness (QED) is 0.748. The van der Waals surface area contributed by atoms with E-state index in [0.29, 0.717) is 19.1 Å². The molecule has 1 aliphatic rings. The van der Waals surface area contributed by atoms with E-state index >= 15 is 0 Å². The fourth-order valence-corrected chi connectivity index (χ4v) is 2.41. The van der Waals surface area contributed by atoms with Crippen LogP contribution in [-0.4, -0.2) is 25.7 Å². The lowest BCUT2D eigenvalue weighted by Crippen LogP contribution is -2.35. The van der Waals surface area contributed by atoms with E-state index < -0.39 is 5.41 Å². The minimum Gasteiger partial charge on any atom is -0.381 e. The maximum Gasteiger partial charge on any atom is 0.230 e. The molecular weight excluding hydrogens is 269 g/mol. The molecule has 0 aromatic heterocycles. The molecule has 1 fully saturated rings. The minimum absolute atomic E-state index is 0.0537. The van der Waals surface area contributed by atoms with E-state index in [0.717, 1.165) is 31.4 Å². The molecule has 0 bridgehead atoms. The van der Waals surface area contributed by atoms with Gasteiger partial charge in [-0.15, -0.1) is 0 Å². The lowest BCUT2D eigenvalue weighted by Gasteiger charge is -2.16. The first-order valence-corrected chi connectivity index (χ1v) is 7.67. The van der Waals surface area contributed by atoms with Crippen LogP contribution >= 0.6 is 0 Å². The van der Waals surface area contributed by atoms with E-state index in [9.17, 15) is 9.18 Å². The first-order chi connectivity index (χ1) is 10.0. The number of nitrogens with one attached hydrogen (secondary N) is 1. The highest BCUT2D eigenvalue weighted by Crippen LogP contribution is 2.48. The van der Waals surface area contributed by atoms with Crippen molar-refractivity contribution in [1.29, 1.82) is 0 Å². The summed E-state index contributed by atoms with van der Waals surface area (Å²) in [5.41, 5.74) is 0.490. The topological polar surface area (TPSA) is 38.3 Å². The van der Waals surface area contributed by atoms with Crippen LogP contribution in [0.15, 0.2) is 24.3 Å². The third-order valence-electron chi connectivity index (χ3n) is 3.78. The zero-order valence-corrected chi connectivity index (χ0v) is 12.8. The van der Waals surface area contributed by atoms with Crippen LogP contribution in [0.1, 0.15) is 38.7 Å². The smallest absolute Gasteiger partial charge is 0.230 e. The molecule has 0 unspecified atom stereocenters. The number of ether oxygens (including phenoxy) is 1. The van der Waals surface area contributed by atoms with Crippen molar-refractivity contribution in [2.75, 3.05) is 19.8 Å². The summed E-state index contributed by atoms with van der Waals surface area (Å²) in [6.07, 6.45) is 2.50. The summed E-state index contributed by atoms with van der Waals surface area (Å²) in [5, 5.41) is 2.97. The van der Waals surface area contributed by atoms with Crippen LogP contribution in [0.3, 0.4) is 0 Å². The third kappa shape index (κ3) is 4.27. The van der Waals surface area contributed by atoms with Gasteiger partial charge in [-0.3, -0.25) is 4.79 Å². The van der Waals surface area contributed by atoms with Crippen molar-refractivity contribution in [3.63, 3.8) is 0 Å². The standard InChI is InChI=1S/C17H24FNO2/c1-13(2)12-21-11-3-10-19-16(20)17(8-9-17)14-4-6-15(18)7-5-14/h4-7,13H,3,8-12H2,1-2H3,(H,19,20). The molecule has 116 valence electrons. The number of rotatable bonds is 8. The average Bonchev–Trinajstić information content (AvgIpc) is 3.24. The van der Waals surface area contributed by atoms with Crippen molar-refractivity contribution in [3.8, 4) is 0 Å². The Bertz CT molecular complexity index is 466. The van der Waals surface area contributed by atoms with Gasteiger partial charge in [0.2, 0.25) is 5.91 Å². The van der Waals surface area contributed by atoms with Gasteiger partial charge in [0.15, 0.2) is 0 Å². The summed E-state index contributed by atoms with van der Waals surface area (Å²) in [7, 11) is 0. The minimum atomic E-state index is -0.424. The van der Waals surface area contributed by atoms with Crippen LogP contribution in [0.25, 0.3) is 0 Å². The van der Waals surface area contributed by atoms with Crippen molar-refractivity contribution in [2.24, 2.45) is 5.92 Å². The first-order valence-electron chi connectivity index (χ1n) is 7.67. The van der Waals surface area contributed by atoms with Crippen LogP contribution in [-0.2, 0) is 14.9 Å². The highest BCUT2D eigenvalue weighted by atomic mass is 19.1. The van der Waals surface area contributed by atoms with E-state index in [1.54, 1.807) is 12.1 Å². The van der Waals surface area contributed by atoms with Gasteiger partial charge in [0, 0.05) is 19.8 Å². The van der Waals surface area contributed by atoms with Crippen molar-refractivity contribution in [3.05, 3.63) is 35.6 Å². The molecular formula is C17H24FNO2. The predicted molar refractivity (Wildman–Crippen MR) is 80.6 cm³/mol. The summed E-state index contributed by atoms with van der Waals surface area (Å²) < 4.78 is 18.4. The summed E-state index contributed by atoms with van der Waals surface area (Å²) in [6.45, 7) is 6.28. The Morgan fingerprint density at radius 2 is 2.00 bits per heavy atom. The van der Waals surface area contributed by atoms with E-state index in [1.807, 2.05) is 0 Å². The van der Waals surface area contributed by atoms with Crippen molar-refractivity contribution in [2.45, 2.75) is 38.5 Å². The predicted octanol–water partition coefficient (Wildman–Crippen LogP) is 3.04. The number of benzene rings is 1. The van der Waals surface area contributed by atoms with Gasteiger partial charge < -0.3 is 10.1 Å². The van der Waals surface area contributed by atoms with Crippen molar-refractivity contribution in [1.82, 2.24) is 5.32 Å². The van der Waals surface area contributed by atoms with Crippen LogP contribution in [0.5, 0.6) is 0 Å². The maximum absolute atomic E-state index is 13.0. The second-order valence-corrected chi connectivity index (χ2v) is 6.17. The monoisotopic (exact) mass is 293 g/mol. The van der Waals surface area contributed by atoms with Crippen LogP contribution in [0.2, 0.25) is 0 Å². The molecule has 3 nitrogen and oxygen atoms in total. The van der Waals surface area contributed by atoms with Crippen molar-refractivity contribution < 1.29 is 13.9 Å². The Balaban J connectivity index is 1.74. The average molecular weight is 293 g/mol. The molecule has 1 saturated carbocycles. The van der Waals surface area contributed by atoms with Gasteiger partial charge >= 0.3 is 0 Å². The lowest BCUT2D eigenvalue weighted by atomic mass is 9.95. The molecule has 1 amide bonds. The molecule has 4 heteroatoms. The fraction of sp³-hybridized carbons (Fsp3) is 0.588. The number of hydrogen-bond acceptors (Lipinski definition) is 2. The van der Waals surface area contributed by atoms with E-state index in [1.165, 1.54) is 12.1 Å². The van der Waals surface area contributed by atoms with Crippen LogP contribution in [0.4, 0.5) is 4.39 Å². The highest BCUT2D eigenvalue weighted by Gasteiger charge is 2.50. The maximum atomic E-state index is 13.0. The molecule has 0 aliphatic heterocycles. The summed E-state index contributed by atoms with van der Waals surface area (Å²) >= 11 is 0. The van der Waals surface area contributed by atoms with E-state index in [4.69, 9.17) is 4.74 Å². The number of amides is 1. The molecule has 0 saturated heterocycles. The fourth-order valence-electron chi connectivity index (χ4n) is 2.41. The van der Waals surface area contributed by atoms with Crippen LogP contribution in [0, 0.1) is 11.7 Å². The molecule has 0 heterocycles. The summed E-state index contributed by atoms with van der Waals surface area (Å²) in [4.78, 5) is 12.3. The SMILES string of the molecule is CC(C)COCCCNC(=O)C1(c2ccc(F)cc2)CC1. The van der Waals surface area contributed by atoms with Gasteiger partial charge in [0.25, 0.3) is 0 Å². The molecule has 1 N–H and O–H groups in total. The molecule has 0 radical (unpaired) electrons. The molecule has 1 aromatic rings. The number of halogens is 1. The Labute approximate surface area is 125 Å². The molecule has 1 aliphatic carbocycles. The third-order valence-corrected chi connectivity index (χ3v) is 3.78. The number of carbonyl (C=O) groups is 1. The van der Waals surface area contributed by atoms with E-state index in [2.05, 4.69) is 19.2 Å². The van der Waals surface area contributed by atoms with Gasteiger partial charge in [-0.2, -0.15) is 0 Å². The second-order valence-electron chi connectivity index (χ2n) is 6.17. The molecule has 0 spiro atoms. The van der Waals surface area contributed by atoms with Gasteiger partial charge in [-0.25, -0.2) is 4.39 Å². The molecule has 1 aromatic carbocycles. The Hall–Kier alpha value is -1.42. The highest BCUT2D eigenvalue weighted by molar-refractivity contribution is 5.91. The Kier molecular flexibility index (Phi) is 5.34.